The lowest BCUT2D eigenvalue weighted by Crippen LogP contribution is -2.38. The van der Waals surface area contributed by atoms with E-state index in [-0.39, 0.29) is 22.9 Å². The summed E-state index contributed by atoms with van der Waals surface area (Å²) in [6, 6.07) is 14.4. The van der Waals surface area contributed by atoms with Gasteiger partial charge < -0.3 is 19.6 Å². The molecule has 1 fully saturated rings. The van der Waals surface area contributed by atoms with E-state index in [0.717, 1.165) is 24.2 Å². The summed E-state index contributed by atoms with van der Waals surface area (Å²) in [5.41, 5.74) is 2.50. The molecule has 1 amide bonds. The van der Waals surface area contributed by atoms with Gasteiger partial charge in [-0.25, -0.2) is 0 Å². The van der Waals surface area contributed by atoms with Crippen LogP contribution in [0, 0.1) is 0 Å². The smallest absolute Gasteiger partial charge is 0.295 e. The van der Waals surface area contributed by atoms with Crippen LogP contribution in [0.5, 0.6) is 5.75 Å². The molecule has 194 valence electrons. The SMILES string of the molecule is CCN(CC)CCN1C(=O)C(=O)/C(=C(\O)c2cccc(OC(C)C)c2)C1c1ccc(C(C)(C)C)cc1. The molecule has 0 spiro atoms. The van der Waals surface area contributed by atoms with Gasteiger partial charge in [0.25, 0.3) is 11.7 Å². The number of aliphatic hydroxyl groups excluding tert-OH is 1. The minimum Gasteiger partial charge on any atom is -0.507 e. The first-order valence-electron chi connectivity index (χ1n) is 12.9. The van der Waals surface area contributed by atoms with Crippen LogP contribution >= 0.6 is 0 Å². The fourth-order valence-electron chi connectivity index (χ4n) is 4.56. The minimum atomic E-state index is -0.663. The molecule has 1 aliphatic heterocycles. The van der Waals surface area contributed by atoms with Crippen molar-refractivity contribution in [3.8, 4) is 5.75 Å². The molecule has 2 aromatic carbocycles. The van der Waals surface area contributed by atoms with Gasteiger partial charge >= 0.3 is 0 Å². The molecule has 0 saturated carbocycles. The summed E-state index contributed by atoms with van der Waals surface area (Å²) in [6.07, 6.45) is -0.0330. The number of benzene rings is 2. The third kappa shape index (κ3) is 5.98. The van der Waals surface area contributed by atoms with Crippen molar-refractivity contribution in [3.63, 3.8) is 0 Å². The zero-order valence-corrected chi connectivity index (χ0v) is 22.7. The molecular weight excluding hydrogens is 452 g/mol. The third-order valence-electron chi connectivity index (χ3n) is 6.66. The van der Waals surface area contributed by atoms with E-state index in [1.807, 2.05) is 44.2 Å². The Balaban J connectivity index is 2.11. The number of Topliss-reactive ketones (excluding diaryl/α,β-unsaturated/α-hetero) is 1. The Labute approximate surface area is 215 Å². The van der Waals surface area contributed by atoms with E-state index in [1.165, 1.54) is 0 Å². The van der Waals surface area contributed by atoms with Crippen molar-refractivity contribution in [1.29, 1.82) is 0 Å². The normalized spacial score (nSPS) is 17.9. The molecule has 1 saturated heterocycles. The summed E-state index contributed by atoms with van der Waals surface area (Å²) in [5, 5.41) is 11.4. The molecule has 1 N–H and O–H groups in total. The van der Waals surface area contributed by atoms with Crippen LogP contribution in [-0.2, 0) is 15.0 Å². The highest BCUT2D eigenvalue weighted by Gasteiger charge is 2.46. The zero-order valence-electron chi connectivity index (χ0n) is 22.7. The van der Waals surface area contributed by atoms with Crippen molar-refractivity contribution in [1.82, 2.24) is 9.80 Å². The predicted octanol–water partition coefficient (Wildman–Crippen LogP) is 5.53. The molecule has 1 heterocycles. The number of ketones is 1. The van der Waals surface area contributed by atoms with E-state index in [1.54, 1.807) is 23.1 Å². The molecular formula is C30H40N2O4. The molecule has 1 unspecified atom stereocenters. The third-order valence-corrected chi connectivity index (χ3v) is 6.66. The highest BCUT2D eigenvalue weighted by molar-refractivity contribution is 6.46. The number of amides is 1. The summed E-state index contributed by atoms with van der Waals surface area (Å²) in [7, 11) is 0. The summed E-state index contributed by atoms with van der Waals surface area (Å²) >= 11 is 0. The largest absolute Gasteiger partial charge is 0.507 e. The van der Waals surface area contributed by atoms with Gasteiger partial charge in [0.05, 0.1) is 17.7 Å². The number of carbonyl (C=O) groups is 2. The Morgan fingerprint density at radius 2 is 1.69 bits per heavy atom. The Morgan fingerprint density at radius 3 is 2.25 bits per heavy atom. The Bertz CT molecular complexity index is 1110. The van der Waals surface area contributed by atoms with Gasteiger partial charge in [-0.15, -0.1) is 0 Å². The first kappa shape index (κ1) is 27.5. The standard InChI is InChI=1S/C30H40N2O4/c1-8-31(9-2)17-18-32-26(21-13-15-23(16-14-21)30(5,6)7)25(28(34)29(32)35)27(33)22-11-10-12-24(19-22)36-20(3)4/h10-16,19-20,26,33H,8-9,17-18H2,1-7H3/b27-25-. The van der Waals surface area contributed by atoms with Gasteiger partial charge in [-0.2, -0.15) is 0 Å². The van der Waals surface area contributed by atoms with E-state index in [4.69, 9.17) is 4.74 Å². The monoisotopic (exact) mass is 492 g/mol. The number of rotatable bonds is 9. The van der Waals surface area contributed by atoms with Crippen LogP contribution in [0.25, 0.3) is 5.76 Å². The van der Waals surface area contributed by atoms with Crippen molar-refractivity contribution < 1.29 is 19.4 Å². The lowest BCUT2D eigenvalue weighted by molar-refractivity contribution is -0.140. The maximum Gasteiger partial charge on any atom is 0.295 e. The molecule has 2 aromatic rings. The van der Waals surface area contributed by atoms with Crippen LogP contribution in [0.2, 0.25) is 0 Å². The molecule has 1 aliphatic rings. The second-order valence-corrected chi connectivity index (χ2v) is 10.6. The number of ether oxygens (including phenoxy) is 1. The Kier molecular flexibility index (Phi) is 8.62. The van der Waals surface area contributed by atoms with Crippen molar-refractivity contribution in [2.24, 2.45) is 0 Å². The number of likely N-dealkylation sites (N-methyl/N-ethyl adjacent to an activating group) is 1. The van der Waals surface area contributed by atoms with Crippen LogP contribution in [0.3, 0.4) is 0 Å². The van der Waals surface area contributed by atoms with Crippen molar-refractivity contribution >= 4 is 17.4 Å². The molecule has 6 nitrogen and oxygen atoms in total. The average Bonchev–Trinajstić information content (AvgIpc) is 3.08. The van der Waals surface area contributed by atoms with Gasteiger partial charge in [-0.1, -0.05) is 71.0 Å². The van der Waals surface area contributed by atoms with Crippen LogP contribution in [0.4, 0.5) is 0 Å². The Hall–Kier alpha value is -3.12. The number of aliphatic hydroxyl groups is 1. The molecule has 36 heavy (non-hydrogen) atoms. The van der Waals surface area contributed by atoms with E-state index in [9.17, 15) is 14.7 Å². The summed E-state index contributed by atoms with van der Waals surface area (Å²) < 4.78 is 5.78. The van der Waals surface area contributed by atoms with Crippen LogP contribution < -0.4 is 4.74 Å². The summed E-state index contributed by atoms with van der Waals surface area (Å²) in [6.45, 7) is 17.2. The van der Waals surface area contributed by atoms with E-state index in [2.05, 4.69) is 39.5 Å². The van der Waals surface area contributed by atoms with E-state index in [0.29, 0.717) is 24.4 Å². The summed E-state index contributed by atoms with van der Waals surface area (Å²) in [5.74, 6) is -0.830. The predicted molar refractivity (Wildman–Crippen MR) is 144 cm³/mol. The molecule has 0 radical (unpaired) electrons. The van der Waals surface area contributed by atoms with Gasteiger partial charge in [0.15, 0.2) is 0 Å². The molecule has 0 aromatic heterocycles. The number of likely N-dealkylation sites (tertiary alicyclic amines) is 1. The number of nitrogens with zero attached hydrogens (tertiary/aromatic N) is 2. The van der Waals surface area contributed by atoms with Crippen molar-refractivity contribution in [2.75, 3.05) is 26.2 Å². The average molecular weight is 493 g/mol. The topological polar surface area (TPSA) is 70.1 Å². The fraction of sp³-hybridized carbons (Fsp3) is 0.467. The molecule has 3 rings (SSSR count). The van der Waals surface area contributed by atoms with Gasteiger partial charge in [0.1, 0.15) is 11.5 Å². The van der Waals surface area contributed by atoms with Crippen LogP contribution in [0.15, 0.2) is 54.1 Å². The first-order valence-corrected chi connectivity index (χ1v) is 12.9. The Morgan fingerprint density at radius 1 is 1.06 bits per heavy atom. The minimum absolute atomic E-state index is 0.0278. The second-order valence-electron chi connectivity index (χ2n) is 10.6. The van der Waals surface area contributed by atoms with E-state index < -0.39 is 17.7 Å². The fourth-order valence-corrected chi connectivity index (χ4v) is 4.56. The molecule has 0 bridgehead atoms. The van der Waals surface area contributed by atoms with Crippen LogP contribution in [-0.4, -0.2) is 58.9 Å². The van der Waals surface area contributed by atoms with Gasteiger partial charge in [-0.3, -0.25) is 9.59 Å². The molecule has 6 heteroatoms. The maximum atomic E-state index is 13.3. The van der Waals surface area contributed by atoms with E-state index >= 15 is 0 Å². The van der Waals surface area contributed by atoms with Gasteiger partial charge in [0.2, 0.25) is 0 Å². The number of hydrogen-bond donors (Lipinski definition) is 1. The lowest BCUT2D eigenvalue weighted by atomic mass is 9.85. The molecule has 0 aliphatic carbocycles. The molecule has 1 atom stereocenters. The highest BCUT2D eigenvalue weighted by Crippen LogP contribution is 2.40. The van der Waals surface area contributed by atoms with Crippen LogP contribution in [0.1, 0.15) is 71.2 Å². The number of carbonyl (C=O) groups excluding carboxylic acids is 2. The van der Waals surface area contributed by atoms with Crippen molar-refractivity contribution in [2.45, 2.75) is 66.0 Å². The zero-order chi connectivity index (χ0) is 26.6. The number of hydrogen-bond acceptors (Lipinski definition) is 5. The second kappa shape index (κ2) is 11.3. The quantitative estimate of drug-likeness (QED) is 0.283. The summed E-state index contributed by atoms with van der Waals surface area (Å²) in [4.78, 5) is 30.4. The van der Waals surface area contributed by atoms with Gasteiger partial charge in [0, 0.05) is 18.7 Å². The first-order chi connectivity index (χ1) is 17.0. The van der Waals surface area contributed by atoms with Crippen molar-refractivity contribution in [3.05, 3.63) is 70.8 Å². The lowest BCUT2D eigenvalue weighted by Gasteiger charge is -2.28. The maximum absolute atomic E-state index is 13.3. The van der Waals surface area contributed by atoms with Gasteiger partial charge in [-0.05, 0) is 55.6 Å². The highest BCUT2D eigenvalue weighted by atomic mass is 16.5.